The van der Waals surface area contributed by atoms with Crippen LogP contribution < -0.4 is 4.74 Å². The number of amides is 1. The number of hydrogen-bond donors (Lipinski definition) is 4. The van der Waals surface area contributed by atoms with Crippen molar-refractivity contribution in [1.82, 2.24) is 24.6 Å². The molecule has 0 aliphatic carbocycles. The van der Waals surface area contributed by atoms with Crippen molar-refractivity contribution in [2.45, 2.75) is 39.2 Å². The molecule has 12 heteroatoms. The van der Waals surface area contributed by atoms with E-state index in [1.54, 1.807) is 35.2 Å². The summed E-state index contributed by atoms with van der Waals surface area (Å²) < 4.78 is 12.6. The van der Waals surface area contributed by atoms with Gasteiger partial charge in [-0.2, -0.15) is 0 Å². The second-order valence-corrected chi connectivity index (χ2v) is 12.3. The van der Waals surface area contributed by atoms with E-state index in [4.69, 9.17) is 9.47 Å². The van der Waals surface area contributed by atoms with Crippen molar-refractivity contribution >= 4 is 6.09 Å². The second-order valence-electron chi connectivity index (χ2n) is 12.3. The van der Waals surface area contributed by atoms with Gasteiger partial charge >= 0.3 is 12.1 Å². The van der Waals surface area contributed by atoms with Crippen molar-refractivity contribution in [3.8, 4) is 40.3 Å². The molecule has 1 unspecified atom stereocenters. The fraction of sp³-hybridized carbons (Fsp3) is 0.270. The highest BCUT2D eigenvalue weighted by molar-refractivity contribution is 5.71. The number of rotatable bonds is 10. The van der Waals surface area contributed by atoms with Crippen LogP contribution in [0.15, 0.2) is 91.0 Å². The van der Waals surface area contributed by atoms with E-state index in [9.17, 15) is 25.2 Å². The summed E-state index contributed by atoms with van der Waals surface area (Å²) >= 11 is 0. The molecule has 1 fully saturated rings. The van der Waals surface area contributed by atoms with Crippen LogP contribution in [0.4, 0.5) is 4.79 Å². The molecule has 1 atom stereocenters. The third-order valence-corrected chi connectivity index (χ3v) is 8.51. The summed E-state index contributed by atoms with van der Waals surface area (Å²) in [5.41, 5.74) is 4.15. The van der Waals surface area contributed by atoms with Crippen LogP contribution in [-0.2, 0) is 17.9 Å². The quantitative estimate of drug-likeness (QED) is 0.137. The topological polar surface area (TPSA) is 154 Å². The Labute approximate surface area is 284 Å². The zero-order valence-electron chi connectivity index (χ0n) is 27.3. The largest absolute Gasteiger partial charge is 0.508 e. The normalized spacial score (nSPS) is 14.2. The molecule has 254 valence electrons. The van der Waals surface area contributed by atoms with Crippen LogP contribution in [0.2, 0.25) is 0 Å². The van der Waals surface area contributed by atoms with Crippen LogP contribution >= 0.6 is 0 Å². The first kappa shape index (κ1) is 33.5. The molecule has 0 radical (unpaired) electrons. The van der Waals surface area contributed by atoms with Gasteiger partial charge in [-0.3, -0.25) is 4.90 Å². The van der Waals surface area contributed by atoms with E-state index in [2.05, 4.69) is 15.1 Å². The Morgan fingerprint density at radius 2 is 1.51 bits per heavy atom. The SMILES string of the molecule is CC(C)c1cc(-c2nnc(O)n2-c2ccc(CN3CCN(C(=O)Oc4ccc(C(O)OCc5ccccc5)cc4)CC3)cc2)c(O)cc1O. The number of benzene rings is 4. The van der Waals surface area contributed by atoms with E-state index in [-0.39, 0.29) is 35.9 Å². The summed E-state index contributed by atoms with van der Waals surface area (Å²) in [6, 6.07) is 26.4. The minimum absolute atomic E-state index is 0.000861. The lowest BCUT2D eigenvalue weighted by molar-refractivity contribution is -0.111. The maximum absolute atomic E-state index is 12.9. The first-order valence-corrected chi connectivity index (χ1v) is 16.1. The Hall–Kier alpha value is -5.43. The number of aromatic hydroxyl groups is 3. The zero-order valence-corrected chi connectivity index (χ0v) is 27.3. The van der Waals surface area contributed by atoms with Gasteiger partial charge in [-0.25, -0.2) is 9.36 Å². The van der Waals surface area contributed by atoms with E-state index in [0.29, 0.717) is 60.9 Å². The predicted molar refractivity (Wildman–Crippen MR) is 181 cm³/mol. The Balaban J connectivity index is 1.01. The molecule has 0 bridgehead atoms. The number of ether oxygens (including phenoxy) is 2. The molecule has 49 heavy (non-hydrogen) atoms. The van der Waals surface area contributed by atoms with Crippen LogP contribution in [0.3, 0.4) is 0 Å². The number of nitrogens with zero attached hydrogens (tertiary/aromatic N) is 5. The van der Waals surface area contributed by atoms with E-state index in [1.807, 2.05) is 68.4 Å². The first-order chi connectivity index (χ1) is 23.7. The van der Waals surface area contributed by atoms with Crippen LogP contribution in [0.25, 0.3) is 17.1 Å². The molecule has 0 saturated carbocycles. The summed E-state index contributed by atoms with van der Waals surface area (Å²) in [7, 11) is 0. The lowest BCUT2D eigenvalue weighted by atomic mass is 9.98. The summed E-state index contributed by atoms with van der Waals surface area (Å²) in [4.78, 5) is 16.8. The molecule has 5 aromatic rings. The van der Waals surface area contributed by atoms with Gasteiger partial charge in [-0.05, 0) is 52.9 Å². The number of carbonyl (C=O) groups excluding carboxylic acids is 1. The van der Waals surface area contributed by atoms with Crippen molar-refractivity contribution < 1.29 is 34.7 Å². The van der Waals surface area contributed by atoms with E-state index in [0.717, 1.165) is 11.1 Å². The van der Waals surface area contributed by atoms with Gasteiger partial charge in [-0.15, -0.1) is 5.10 Å². The van der Waals surface area contributed by atoms with Gasteiger partial charge in [0.15, 0.2) is 12.1 Å². The molecular weight excluding hydrogens is 626 g/mol. The van der Waals surface area contributed by atoms with Crippen molar-refractivity contribution in [2.75, 3.05) is 26.2 Å². The molecular formula is C37H39N5O7. The summed E-state index contributed by atoms with van der Waals surface area (Å²) in [5, 5.41) is 49.7. The van der Waals surface area contributed by atoms with Crippen LogP contribution in [0, 0.1) is 0 Å². The average Bonchev–Trinajstić information content (AvgIpc) is 3.49. The molecule has 1 aliphatic heterocycles. The summed E-state index contributed by atoms with van der Waals surface area (Å²) in [6.07, 6.45) is -1.53. The fourth-order valence-electron chi connectivity index (χ4n) is 5.73. The van der Waals surface area contributed by atoms with Crippen molar-refractivity contribution in [1.29, 1.82) is 0 Å². The van der Waals surface area contributed by atoms with Gasteiger partial charge in [-0.1, -0.05) is 73.5 Å². The van der Waals surface area contributed by atoms with Crippen LogP contribution in [0.1, 0.15) is 48.3 Å². The number of piperazine rings is 1. The molecule has 6 rings (SSSR count). The van der Waals surface area contributed by atoms with Crippen LogP contribution in [0.5, 0.6) is 23.3 Å². The van der Waals surface area contributed by atoms with Gasteiger partial charge in [0.2, 0.25) is 0 Å². The molecule has 1 saturated heterocycles. The molecule has 12 nitrogen and oxygen atoms in total. The maximum atomic E-state index is 12.9. The lowest BCUT2D eigenvalue weighted by Gasteiger charge is -2.34. The first-order valence-electron chi connectivity index (χ1n) is 16.1. The number of phenols is 2. The van der Waals surface area contributed by atoms with E-state index in [1.165, 1.54) is 10.6 Å². The minimum Gasteiger partial charge on any atom is -0.508 e. The zero-order chi connectivity index (χ0) is 34.5. The third-order valence-electron chi connectivity index (χ3n) is 8.51. The summed E-state index contributed by atoms with van der Waals surface area (Å²) in [6.45, 7) is 7.14. The molecule has 1 amide bonds. The highest BCUT2D eigenvalue weighted by atomic mass is 16.6. The molecule has 1 aromatic heterocycles. The summed E-state index contributed by atoms with van der Waals surface area (Å²) in [5.74, 6) is 0.444. The maximum Gasteiger partial charge on any atom is 0.415 e. The molecule has 4 N–H and O–H groups in total. The van der Waals surface area contributed by atoms with Crippen LogP contribution in [-0.4, -0.2) is 77.3 Å². The number of aromatic nitrogens is 3. The minimum atomic E-state index is -1.10. The monoisotopic (exact) mass is 665 g/mol. The standard InChI is InChI=1S/C37H39N5O7/c1-24(2)30-20-31(33(44)21-32(30)43)34-38-39-36(46)42(34)28-12-8-25(9-13-28)22-40-16-18-41(19-17-40)37(47)49-29-14-10-27(11-15-29)35(45)48-23-26-6-4-3-5-7-26/h3-15,20-21,24,35,43-45H,16-19,22-23H2,1-2H3,(H,39,46). The number of hydrogen-bond acceptors (Lipinski definition) is 10. The third kappa shape index (κ3) is 7.83. The Bertz CT molecular complexity index is 1870. The van der Waals surface area contributed by atoms with Gasteiger partial charge in [0.05, 0.1) is 17.9 Å². The van der Waals surface area contributed by atoms with Crippen molar-refractivity contribution in [2.24, 2.45) is 0 Å². The smallest absolute Gasteiger partial charge is 0.415 e. The number of phenolic OH excluding ortho intramolecular Hbond substituents is 2. The molecule has 1 aliphatic rings. The van der Waals surface area contributed by atoms with Gasteiger partial charge in [0, 0.05) is 44.4 Å². The van der Waals surface area contributed by atoms with Crippen molar-refractivity contribution in [3.05, 3.63) is 113 Å². The second kappa shape index (κ2) is 14.8. The van der Waals surface area contributed by atoms with Gasteiger partial charge in [0.1, 0.15) is 17.2 Å². The van der Waals surface area contributed by atoms with Gasteiger partial charge in [0.25, 0.3) is 0 Å². The molecule has 4 aromatic carbocycles. The number of carbonyl (C=O) groups is 1. The highest BCUT2D eigenvalue weighted by Gasteiger charge is 2.24. The molecule has 2 heterocycles. The Morgan fingerprint density at radius 3 is 2.18 bits per heavy atom. The van der Waals surface area contributed by atoms with Crippen molar-refractivity contribution in [3.63, 3.8) is 0 Å². The Kier molecular flexibility index (Phi) is 10.1. The number of aliphatic hydroxyl groups excluding tert-OH is 1. The van der Waals surface area contributed by atoms with E-state index >= 15 is 0 Å². The lowest BCUT2D eigenvalue weighted by Crippen LogP contribution is -2.49. The highest BCUT2D eigenvalue weighted by Crippen LogP contribution is 2.38. The molecule has 0 spiro atoms. The Morgan fingerprint density at radius 1 is 0.816 bits per heavy atom. The number of aliphatic hydroxyl groups is 1. The fourth-order valence-corrected chi connectivity index (χ4v) is 5.73. The average molecular weight is 666 g/mol. The predicted octanol–water partition coefficient (Wildman–Crippen LogP) is 5.70. The van der Waals surface area contributed by atoms with Gasteiger partial charge < -0.3 is 34.8 Å². The van der Waals surface area contributed by atoms with E-state index < -0.39 is 12.4 Å².